The molecule has 0 aliphatic heterocycles. The lowest BCUT2D eigenvalue weighted by molar-refractivity contribution is -0.253. The van der Waals surface area contributed by atoms with Crippen LogP contribution >= 0.6 is 0 Å². The number of hydrogen-bond donors (Lipinski definition) is 2. The van der Waals surface area contributed by atoms with Crippen LogP contribution in [0.1, 0.15) is 57.9 Å². The number of hydrogen-bond acceptors (Lipinski definition) is 3. The predicted molar refractivity (Wildman–Crippen MR) is 161 cm³/mol. The minimum absolute atomic E-state index is 0.00807. The van der Waals surface area contributed by atoms with Crippen molar-refractivity contribution >= 4 is 5.91 Å². The number of ether oxygens (including phenoxy) is 1. The minimum Gasteiger partial charge on any atom is -0.428 e. The van der Waals surface area contributed by atoms with Gasteiger partial charge in [0.05, 0.1) is 11.1 Å². The second-order valence-electron chi connectivity index (χ2n) is 11.2. The van der Waals surface area contributed by atoms with Crippen molar-refractivity contribution < 1.29 is 53.4 Å². The van der Waals surface area contributed by atoms with Gasteiger partial charge in [0.25, 0.3) is 5.91 Å². The Morgan fingerprint density at radius 2 is 1.51 bits per heavy atom. The van der Waals surface area contributed by atoms with E-state index in [0.29, 0.717) is 24.2 Å². The van der Waals surface area contributed by atoms with Crippen molar-refractivity contribution in [2.24, 2.45) is 0 Å². The van der Waals surface area contributed by atoms with E-state index in [0.717, 1.165) is 37.1 Å². The molecule has 0 saturated heterocycles. The van der Waals surface area contributed by atoms with Crippen LogP contribution in [0.4, 0.5) is 43.9 Å². The number of carbonyl (C=O) groups is 1. The lowest BCUT2D eigenvalue weighted by atomic mass is 9.77. The van der Waals surface area contributed by atoms with E-state index < -0.39 is 64.5 Å². The quantitative estimate of drug-likeness (QED) is 0.102. The largest absolute Gasteiger partial charge is 0.461 e. The Kier molecular flexibility index (Phi) is 11.6. The molecule has 0 aromatic heterocycles. The van der Waals surface area contributed by atoms with E-state index in [1.165, 1.54) is 12.1 Å². The van der Waals surface area contributed by atoms with Gasteiger partial charge in [-0.05, 0) is 72.1 Å². The molecule has 4 aromatic rings. The molecule has 0 aliphatic carbocycles. The van der Waals surface area contributed by atoms with Crippen LogP contribution in [-0.4, -0.2) is 25.0 Å². The lowest BCUT2D eigenvalue weighted by Crippen LogP contribution is -2.49. The number of unbranched alkanes of at least 4 members (excludes halogenated alkanes) is 1. The molecule has 49 heavy (non-hydrogen) atoms. The summed E-state index contributed by atoms with van der Waals surface area (Å²) in [6.07, 6.45) is -13.3. The molecule has 0 fully saturated rings. The summed E-state index contributed by atoms with van der Waals surface area (Å²) in [7, 11) is 0. The van der Waals surface area contributed by atoms with Gasteiger partial charge in [-0.15, -0.1) is 0 Å². The van der Waals surface area contributed by atoms with Gasteiger partial charge in [-0.1, -0.05) is 49.7 Å². The van der Waals surface area contributed by atoms with Crippen LogP contribution in [0.3, 0.4) is 0 Å². The fraction of sp³-hybridized carbons (Fsp3) is 0.286. The van der Waals surface area contributed by atoms with Crippen LogP contribution in [0.15, 0.2) is 84.9 Å². The van der Waals surface area contributed by atoms with E-state index in [4.69, 9.17) is 0 Å². The average molecular weight is 701 g/mol. The summed E-state index contributed by atoms with van der Waals surface area (Å²) >= 11 is 0. The van der Waals surface area contributed by atoms with Crippen LogP contribution in [0.2, 0.25) is 0 Å². The van der Waals surface area contributed by atoms with E-state index in [2.05, 4.69) is 15.4 Å². The molecule has 4 nitrogen and oxygen atoms in total. The summed E-state index contributed by atoms with van der Waals surface area (Å²) in [6, 6.07) is 14.9. The normalized spacial score (nSPS) is 13.3. The minimum atomic E-state index is -5.19. The molecule has 0 saturated carbocycles. The summed E-state index contributed by atoms with van der Waals surface area (Å²) in [5.41, 5.74) is -4.46. The highest BCUT2D eigenvalue weighted by molar-refractivity contribution is 5.95. The first-order valence-corrected chi connectivity index (χ1v) is 14.9. The number of amides is 1. The molecular formula is C35H30F10N2O2. The molecule has 0 spiro atoms. The molecule has 4 aromatic carbocycles. The Morgan fingerprint density at radius 3 is 2.16 bits per heavy atom. The smallest absolute Gasteiger partial charge is 0.428 e. The topological polar surface area (TPSA) is 50.4 Å². The number of rotatable bonds is 14. The summed E-state index contributed by atoms with van der Waals surface area (Å²) in [4.78, 5) is 13.8. The zero-order valence-corrected chi connectivity index (χ0v) is 25.8. The Labute approximate surface area is 275 Å². The number of nitrogens with one attached hydrogen (secondary N) is 2. The molecule has 1 amide bonds. The molecule has 14 heteroatoms. The second-order valence-corrected chi connectivity index (χ2v) is 11.2. The highest BCUT2D eigenvalue weighted by atomic mass is 19.4. The third-order valence-corrected chi connectivity index (χ3v) is 7.61. The molecule has 0 bridgehead atoms. The Morgan fingerprint density at radius 1 is 0.816 bits per heavy atom. The zero-order chi connectivity index (χ0) is 36.0. The molecular weight excluding hydrogens is 670 g/mol. The van der Waals surface area contributed by atoms with Gasteiger partial charge < -0.3 is 15.4 Å². The van der Waals surface area contributed by atoms with Crippen molar-refractivity contribution in [1.82, 2.24) is 10.6 Å². The zero-order valence-electron chi connectivity index (χ0n) is 25.8. The maximum atomic E-state index is 15.2. The number of halogens is 10. The molecule has 1 atom stereocenters. The number of alkyl halides is 7. The van der Waals surface area contributed by atoms with E-state index in [9.17, 15) is 39.9 Å². The van der Waals surface area contributed by atoms with Crippen LogP contribution in [0, 0.1) is 17.5 Å². The number of benzene rings is 4. The summed E-state index contributed by atoms with van der Waals surface area (Å²) in [6.45, 7) is 2.41. The van der Waals surface area contributed by atoms with Crippen molar-refractivity contribution in [3.05, 3.63) is 136 Å². The lowest BCUT2D eigenvalue weighted by Gasteiger charge is -2.37. The molecule has 262 valence electrons. The van der Waals surface area contributed by atoms with Crippen molar-refractivity contribution in [3.63, 3.8) is 0 Å². The predicted octanol–water partition coefficient (Wildman–Crippen LogP) is 9.17. The van der Waals surface area contributed by atoms with Gasteiger partial charge >= 0.3 is 18.7 Å². The first-order valence-electron chi connectivity index (χ1n) is 14.9. The highest BCUT2D eigenvalue weighted by Crippen LogP contribution is 2.39. The number of carbonyl (C=O) groups excluding carboxylic acids is 1. The molecule has 0 unspecified atom stereocenters. The monoisotopic (exact) mass is 700 g/mol. The molecule has 2 N–H and O–H groups in total. The molecule has 0 radical (unpaired) electrons. The second kappa shape index (κ2) is 15.3. The third kappa shape index (κ3) is 9.11. The maximum Gasteiger partial charge on any atom is 0.461 e. The van der Waals surface area contributed by atoms with Gasteiger partial charge in [-0.25, -0.2) is 13.2 Å². The van der Waals surface area contributed by atoms with Crippen molar-refractivity contribution in [1.29, 1.82) is 0 Å². The fourth-order valence-electron chi connectivity index (χ4n) is 5.18. The molecule has 0 aliphatic rings. The van der Waals surface area contributed by atoms with Gasteiger partial charge in [0.2, 0.25) is 0 Å². The van der Waals surface area contributed by atoms with E-state index >= 15 is 8.78 Å². The summed E-state index contributed by atoms with van der Waals surface area (Å²) in [5, 5.41) is 5.61. The Bertz CT molecular complexity index is 1750. The molecule has 0 heterocycles. The fourth-order valence-corrected chi connectivity index (χ4v) is 5.18. The molecule has 4 rings (SSSR count). The first kappa shape index (κ1) is 37.2. The third-order valence-electron chi connectivity index (χ3n) is 7.61. The first-order chi connectivity index (χ1) is 23.1. The van der Waals surface area contributed by atoms with Crippen LogP contribution in [-0.2, 0) is 24.7 Å². The standard InChI is InChI=1S/C35H30F10N2O2/c1-2-3-13-46-20-23-14-24(10-12-29(23)37)33(19-21-7-5-4-6-8-21,25-16-26(36)18-27(17-25)49-35(44,45)32(39)40)47-31(48)22-9-11-30(38)28(15-22)34(41,42)43/h4-12,14-18,32,46H,2-3,13,19-20H2,1H3,(H,47,48)/t33-/m1/s1. The van der Waals surface area contributed by atoms with Crippen molar-refractivity contribution in [2.45, 2.75) is 57.0 Å². The van der Waals surface area contributed by atoms with E-state index in [1.54, 1.807) is 30.3 Å². The Balaban J connectivity index is 1.98. The summed E-state index contributed by atoms with van der Waals surface area (Å²) in [5.74, 6) is -5.95. The van der Waals surface area contributed by atoms with Gasteiger partial charge in [0, 0.05) is 30.2 Å². The van der Waals surface area contributed by atoms with Gasteiger partial charge in [0.1, 0.15) is 23.2 Å². The SMILES string of the molecule is CCCCNCc1cc([C@@](Cc2ccccc2)(NC(=O)c2ccc(F)c(C(F)(F)F)c2)c2cc(F)cc(OC(F)(F)C(F)F)c2)ccc1F. The van der Waals surface area contributed by atoms with Crippen LogP contribution in [0.5, 0.6) is 5.75 Å². The highest BCUT2D eigenvalue weighted by Gasteiger charge is 2.45. The Hall–Kier alpha value is -4.59. The maximum absolute atomic E-state index is 15.2. The average Bonchev–Trinajstić information content (AvgIpc) is 3.03. The summed E-state index contributed by atoms with van der Waals surface area (Å²) < 4.78 is 143. The van der Waals surface area contributed by atoms with Crippen molar-refractivity contribution in [2.75, 3.05) is 6.54 Å². The van der Waals surface area contributed by atoms with Crippen LogP contribution < -0.4 is 15.4 Å². The van der Waals surface area contributed by atoms with Crippen molar-refractivity contribution in [3.8, 4) is 5.75 Å². The van der Waals surface area contributed by atoms with Crippen LogP contribution in [0.25, 0.3) is 0 Å². The van der Waals surface area contributed by atoms with E-state index in [-0.39, 0.29) is 35.7 Å². The van der Waals surface area contributed by atoms with Gasteiger partial charge in [0.15, 0.2) is 0 Å². The van der Waals surface area contributed by atoms with Gasteiger partial charge in [-0.3, -0.25) is 4.79 Å². The van der Waals surface area contributed by atoms with E-state index in [1.807, 2.05) is 6.92 Å². The van der Waals surface area contributed by atoms with Gasteiger partial charge in [-0.2, -0.15) is 30.7 Å².